The van der Waals surface area contributed by atoms with Gasteiger partial charge in [-0.05, 0) is 37.4 Å². The van der Waals surface area contributed by atoms with E-state index in [1.54, 1.807) is 11.4 Å². The lowest BCUT2D eigenvalue weighted by molar-refractivity contribution is 0.103. The van der Waals surface area contributed by atoms with Gasteiger partial charge in [-0.15, -0.1) is 11.3 Å². The number of likely N-dealkylation sites (N-methyl/N-ethyl adjacent to an activating group) is 1. The van der Waals surface area contributed by atoms with Crippen LogP contribution >= 0.6 is 22.9 Å². The summed E-state index contributed by atoms with van der Waals surface area (Å²) < 4.78 is 0. The molecular weight excluding hydrogens is 318 g/mol. The third-order valence-corrected chi connectivity index (χ3v) is 5.06. The van der Waals surface area contributed by atoms with Crippen molar-refractivity contribution in [2.24, 2.45) is 0 Å². The molecule has 6 heteroatoms. The van der Waals surface area contributed by atoms with Gasteiger partial charge in [-0.1, -0.05) is 11.6 Å². The maximum absolute atomic E-state index is 12.1. The average Bonchev–Trinajstić information content (AvgIpc) is 2.96. The van der Waals surface area contributed by atoms with Crippen molar-refractivity contribution in [3.05, 3.63) is 45.6 Å². The smallest absolute Gasteiger partial charge is 0.265 e. The Morgan fingerprint density at radius 3 is 2.45 bits per heavy atom. The molecule has 0 aliphatic carbocycles. The van der Waals surface area contributed by atoms with Crippen LogP contribution in [0.1, 0.15) is 9.67 Å². The van der Waals surface area contributed by atoms with Gasteiger partial charge in [-0.3, -0.25) is 4.79 Å². The van der Waals surface area contributed by atoms with Crippen LogP contribution < -0.4 is 10.2 Å². The molecule has 0 bridgehead atoms. The molecule has 1 aromatic carbocycles. The number of amides is 1. The minimum atomic E-state index is -0.121. The van der Waals surface area contributed by atoms with E-state index in [1.165, 1.54) is 17.0 Å². The molecule has 0 spiro atoms. The van der Waals surface area contributed by atoms with Crippen LogP contribution in [-0.2, 0) is 0 Å². The molecule has 1 N–H and O–H groups in total. The van der Waals surface area contributed by atoms with Gasteiger partial charge in [0.1, 0.15) is 0 Å². The highest BCUT2D eigenvalue weighted by atomic mass is 35.5. The molecule has 2 aromatic rings. The van der Waals surface area contributed by atoms with Gasteiger partial charge >= 0.3 is 0 Å². The van der Waals surface area contributed by atoms with Crippen LogP contribution in [0.5, 0.6) is 0 Å². The van der Waals surface area contributed by atoms with Crippen LogP contribution in [0.2, 0.25) is 5.02 Å². The maximum Gasteiger partial charge on any atom is 0.265 e. The fourth-order valence-corrected chi connectivity index (χ4v) is 3.41. The molecule has 1 saturated heterocycles. The summed E-state index contributed by atoms with van der Waals surface area (Å²) in [5.74, 6) is -0.121. The van der Waals surface area contributed by atoms with Crippen molar-refractivity contribution in [3.8, 4) is 0 Å². The molecule has 1 amide bonds. The Morgan fingerprint density at radius 2 is 1.86 bits per heavy atom. The lowest BCUT2D eigenvalue weighted by atomic mass is 10.2. The summed E-state index contributed by atoms with van der Waals surface area (Å²) in [7, 11) is 2.15. The Bertz CT molecular complexity index is 648. The third kappa shape index (κ3) is 3.61. The Labute approximate surface area is 139 Å². The van der Waals surface area contributed by atoms with Crippen molar-refractivity contribution in [1.82, 2.24) is 4.90 Å². The Kier molecular flexibility index (Phi) is 4.66. The highest BCUT2D eigenvalue weighted by molar-refractivity contribution is 7.12. The van der Waals surface area contributed by atoms with E-state index in [4.69, 9.17) is 11.6 Å². The largest absolute Gasteiger partial charge is 0.369 e. The summed E-state index contributed by atoms with van der Waals surface area (Å²) in [5, 5.41) is 5.25. The summed E-state index contributed by atoms with van der Waals surface area (Å²) in [6.45, 7) is 4.24. The molecule has 1 aromatic heterocycles. The predicted molar refractivity (Wildman–Crippen MR) is 93.4 cm³/mol. The van der Waals surface area contributed by atoms with E-state index in [0.29, 0.717) is 9.90 Å². The van der Waals surface area contributed by atoms with Crippen LogP contribution in [0.25, 0.3) is 0 Å². The topological polar surface area (TPSA) is 35.6 Å². The van der Waals surface area contributed by atoms with Crippen molar-refractivity contribution in [2.45, 2.75) is 0 Å². The maximum atomic E-state index is 12.1. The number of halogens is 1. The van der Waals surface area contributed by atoms with Crippen LogP contribution in [0.3, 0.4) is 0 Å². The van der Waals surface area contributed by atoms with Gasteiger partial charge in [0.2, 0.25) is 0 Å². The van der Waals surface area contributed by atoms with E-state index in [2.05, 4.69) is 34.3 Å². The van der Waals surface area contributed by atoms with E-state index >= 15 is 0 Å². The van der Waals surface area contributed by atoms with Crippen LogP contribution in [0.15, 0.2) is 35.7 Å². The number of piperazine rings is 1. The first-order valence-electron chi connectivity index (χ1n) is 7.21. The van der Waals surface area contributed by atoms with E-state index in [-0.39, 0.29) is 5.91 Å². The molecule has 0 radical (unpaired) electrons. The highest BCUT2D eigenvalue weighted by Crippen LogP contribution is 2.22. The highest BCUT2D eigenvalue weighted by Gasteiger charge is 2.14. The van der Waals surface area contributed by atoms with E-state index in [1.807, 2.05) is 12.1 Å². The van der Waals surface area contributed by atoms with Gasteiger partial charge in [0.05, 0.1) is 9.90 Å². The Morgan fingerprint density at radius 1 is 1.18 bits per heavy atom. The van der Waals surface area contributed by atoms with Crippen LogP contribution in [0, 0.1) is 0 Å². The number of carbonyl (C=O) groups is 1. The number of anilines is 2. The second-order valence-corrected chi connectivity index (χ2v) is 6.77. The van der Waals surface area contributed by atoms with Crippen molar-refractivity contribution in [3.63, 3.8) is 0 Å². The van der Waals surface area contributed by atoms with Crippen molar-refractivity contribution in [1.29, 1.82) is 0 Å². The van der Waals surface area contributed by atoms with E-state index in [9.17, 15) is 4.79 Å². The lowest BCUT2D eigenvalue weighted by Crippen LogP contribution is -2.44. The number of benzene rings is 1. The van der Waals surface area contributed by atoms with Crippen molar-refractivity contribution < 1.29 is 4.79 Å². The summed E-state index contributed by atoms with van der Waals surface area (Å²) in [6.07, 6.45) is 0. The zero-order chi connectivity index (χ0) is 15.5. The second-order valence-electron chi connectivity index (χ2n) is 5.42. The zero-order valence-corrected chi connectivity index (χ0v) is 14.0. The first-order chi connectivity index (χ1) is 10.6. The first-order valence-corrected chi connectivity index (χ1v) is 8.46. The van der Waals surface area contributed by atoms with Gasteiger partial charge < -0.3 is 15.1 Å². The molecule has 22 heavy (non-hydrogen) atoms. The molecule has 0 saturated carbocycles. The Hall–Kier alpha value is -1.56. The van der Waals surface area contributed by atoms with Gasteiger partial charge in [0.25, 0.3) is 5.91 Å². The minimum Gasteiger partial charge on any atom is -0.369 e. The number of carbonyl (C=O) groups excluding carboxylic acids is 1. The van der Waals surface area contributed by atoms with Crippen LogP contribution in [0.4, 0.5) is 11.4 Å². The summed E-state index contributed by atoms with van der Waals surface area (Å²) >= 11 is 7.19. The van der Waals surface area contributed by atoms with Gasteiger partial charge in [0.15, 0.2) is 0 Å². The normalized spacial score (nSPS) is 15.8. The molecule has 1 aliphatic heterocycles. The number of nitrogens with one attached hydrogen (secondary N) is 1. The zero-order valence-electron chi connectivity index (χ0n) is 12.4. The second kappa shape index (κ2) is 6.69. The number of nitrogens with zero attached hydrogens (tertiary/aromatic N) is 2. The molecule has 0 unspecified atom stereocenters. The molecule has 0 atom stereocenters. The Balaban J connectivity index is 1.63. The number of hydrogen-bond donors (Lipinski definition) is 1. The first kappa shape index (κ1) is 15.3. The minimum absolute atomic E-state index is 0.121. The number of hydrogen-bond acceptors (Lipinski definition) is 4. The fourth-order valence-electron chi connectivity index (χ4n) is 2.45. The third-order valence-electron chi connectivity index (χ3n) is 3.78. The SMILES string of the molecule is CN1CCN(c2ccc(NC(=O)c3cc(Cl)cs3)cc2)CC1. The summed E-state index contributed by atoms with van der Waals surface area (Å²) in [5.41, 5.74) is 2.00. The lowest BCUT2D eigenvalue weighted by Gasteiger charge is -2.34. The average molecular weight is 336 g/mol. The molecule has 3 rings (SSSR count). The van der Waals surface area contributed by atoms with E-state index in [0.717, 1.165) is 31.9 Å². The van der Waals surface area contributed by atoms with Crippen molar-refractivity contribution in [2.75, 3.05) is 43.4 Å². The summed E-state index contributed by atoms with van der Waals surface area (Å²) in [4.78, 5) is 17.4. The molecule has 1 fully saturated rings. The van der Waals surface area contributed by atoms with Gasteiger partial charge in [0, 0.05) is 42.9 Å². The molecule has 2 heterocycles. The monoisotopic (exact) mass is 335 g/mol. The van der Waals surface area contributed by atoms with E-state index < -0.39 is 0 Å². The number of thiophene rings is 1. The molecule has 1 aliphatic rings. The van der Waals surface area contributed by atoms with Crippen molar-refractivity contribution >= 4 is 40.2 Å². The molecule has 4 nitrogen and oxygen atoms in total. The predicted octanol–water partition coefficient (Wildman–Crippen LogP) is 3.41. The number of rotatable bonds is 3. The summed E-state index contributed by atoms with van der Waals surface area (Å²) in [6, 6.07) is 9.69. The molecule has 116 valence electrons. The molecular formula is C16H18ClN3OS. The van der Waals surface area contributed by atoms with Gasteiger partial charge in [-0.25, -0.2) is 0 Å². The van der Waals surface area contributed by atoms with Crippen LogP contribution in [-0.4, -0.2) is 44.0 Å². The standard InChI is InChI=1S/C16H18ClN3OS/c1-19-6-8-20(9-7-19)14-4-2-13(3-5-14)18-16(21)15-10-12(17)11-22-15/h2-5,10-11H,6-9H2,1H3,(H,18,21). The van der Waals surface area contributed by atoms with Gasteiger partial charge in [-0.2, -0.15) is 0 Å². The fraction of sp³-hybridized carbons (Fsp3) is 0.312. The quantitative estimate of drug-likeness (QED) is 0.933.